The van der Waals surface area contributed by atoms with E-state index in [9.17, 15) is 4.79 Å². The zero-order valence-corrected chi connectivity index (χ0v) is 9.11. The molecule has 0 saturated carbocycles. The molecule has 0 saturated heterocycles. The average molecular weight is 291 g/mol. The van der Waals surface area contributed by atoms with Gasteiger partial charge in [0.2, 0.25) is 5.91 Å². The lowest BCUT2D eigenvalue weighted by atomic mass is 10.3. The number of thioether (sulfide) groups is 1. The van der Waals surface area contributed by atoms with Crippen LogP contribution in [0.2, 0.25) is 0 Å². The summed E-state index contributed by atoms with van der Waals surface area (Å²) in [5.74, 6) is 0.626. The summed E-state index contributed by atoms with van der Waals surface area (Å²) in [5, 5.41) is 2.82. The van der Waals surface area contributed by atoms with E-state index < -0.39 is 0 Å². The highest BCUT2D eigenvalue weighted by Gasteiger charge is 2.14. The minimum absolute atomic E-state index is 0.0914. The van der Waals surface area contributed by atoms with Crippen LogP contribution >= 0.6 is 34.4 Å². The fraction of sp³-hybridized carbons (Fsp3) is 0.125. The second kappa shape index (κ2) is 3.26. The molecule has 62 valence electrons. The molecule has 1 heterocycles. The standard InChI is InChI=1S/C8H6INOS/c9-5-1-2-6-7(3-5)12-4-8(11)10-6/h1-3H,4H2,(H,10,11). The van der Waals surface area contributed by atoms with Crippen molar-refractivity contribution in [3.8, 4) is 0 Å². The first-order chi connectivity index (χ1) is 5.75. The van der Waals surface area contributed by atoms with Crippen molar-refractivity contribution in [1.29, 1.82) is 0 Å². The SMILES string of the molecule is O=C1CSc2cc(I)ccc2N1. The van der Waals surface area contributed by atoms with Crippen LogP contribution in [0.4, 0.5) is 5.69 Å². The molecule has 4 heteroatoms. The molecule has 1 aliphatic rings. The smallest absolute Gasteiger partial charge is 0.234 e. The van der Waals surface area contributed by atoms with E-state index in [1.165, 1.54) is 8.47 Å². The predicted molar refractivity (Wildman–Crippen MR) is 58.5 cm³/mol. The largest absolute Gasteiger partial charge is 0.324 e. The van der Waals surface area contributed by atoms with E-state index in [4.69, 9.17) is 0 Å². The van der Waals surface area contributed by atoms with Crippen molar-refractivity contribution in [2.45, 2.75) is 4.90 Å². The van der Waals surface area contributed by atoms with Gasteiger partial charge in [-0.25, -0.2) is 0 Å². The van der Waals surface area contributed by atoms with Crippen molar-refractivity contribution in [1.82, 2.24) is 0 Å². The summed E-state index contributed by atoms with van der Waals surface area (Å²) >= 11 is 3.86. The third kappa shape index (κ3) is 1.59. The van der Waals surface area contributed by atoms with Crippen molar-refractivity contribution < 1.29 is 4.79 Å². The summed E-state index contributed by atoms with van der Waals surface area (Å²) in [6.45, 7) is 0. The maximum Gasteiger partial charge on any atom is 0.234 e. The number of rotatable bonds is 0. The molecule has 1 amide bonds. The maximum absolute atomic E-state index is 11.0. The third-order valence-electron chi connectivity index (χ3n) is 1.58. The van der Waals surface area contributed by atoms with Crippen molar-refractivity contribution in [2.24, 2.45) is 0 Å². The molecule has 2 rings (SSSR count). The number of carbonyl (C=O) groups excluding carboxylic acids is 1. The molecule has 0 bridgehead atoms. The molecule has 0 aliphatic carbocycles. The van der Waals surface area contributed by atoms with Gasteiger partial charge in [-0.05, 0) is 40.8 Å². The van der Waals surface area contributed by atoms with Crippen molar-refractivity contribution in [3.05, 3.63) is 21.8 Å². The minimum atomic E-state index is 0.0914. The summed E-state index contributed by atoms with van der Waals surface area (Å²) in [4.78, 5) is 12.1. The molecule has 0 aromatic heterocycles. The molecule has 1 aromatic carbocycles. The Morgan fingerprint density at radius 2 is 2.33 bits per heavy atom. The number of anilines is 1. The fourth-order valence-electron chi connectivity index (χ4n) is 1.05. The normalized spacial score (nSPS) is 15.2. The van der Waals surface area contributed by atoms with Gasteiger partial charge in [-0.2, -0.15) is 0 Å². The van der Waals surface area contributed by atoms with Gasteiger partial charge in [0, 0.05) is 8.47 Å². The Bertz CT molecular complexity index is 340. The van der Waals surface area contributed by atoms with Crippen LogP contribution in [0.5, 0.6) is 0 Å². The highest BCUT2D eigenvalue weighted by Crippen LogP contribution is 2.32. The van der Waals surface area contributed by atoms with Crippen LogP contribution in [0.25, 0.3) is 0 Å². The van der Waals surface area contributed by atoms with Crippen molar-refractivity contribution in [3.63, 3.8) is 0 Å². The van der Waals surface area contributed by atoms with Gasteiger partial charge in [-0.1, -0.05) is 0 Å². The second-order valence-corrected chi connectivity index (χ2v) is 4.74. The Balaban J connectivity index is 2.43. The van der Waals surface area contributed by atoms with Crippen LogP contribution < -0.4 is 5.32 Å². The van der Waals surface area contributed by atoms with Gasteiger partial charge in [0.25, 0.3) is 0 Å². The Kier molecular flexibility index (Phi) is 2.27. The van der Waals surface area contributed by atoms with Crippen LogP contribution in [-0.2, 0) is 4.79 Å². The highest BCUT2D eigenvalue weighted by atomic mass is 127. The number of carbonyl (C=O) groups is 1. The van der Waals surface area contributed by atoms with E-state index in [0.29, 0.717) is 5.75 Å². The lowest BCUT2D eigenvalue weighted by Crippen LogP contribution is -2.18. The van der Waals surface area contributed by atoms with Gasteiger partial charge in [0.05, 0.1) is 11.4 Å². The minimum Gasteiger partial charge on any atom is -0.324 e. The first-order valence-electron chi connectivity index (χ1n) is 3.48. The van der Waals surface area contributed by atoms with Gasteiger partial charge in [0.1, 0.15) is 0 Å². The van der Waals surface area contributed by atoms with Crippen LogP contribution in [0, 0.1) is 3.57 Å². The summed E-state index contributed by atoms with van der Waals surface area (Å²) in [6, 6.07) is 6.02. The molecule has 0 spiro atoms. The molecule has 1 aliphatic heterocycles. The predicted octanol–water partition coefficient (Wildman–Crippen LogP) is 2.34. The van der Waals surface area contributed by atoms with E-state index in [-0.39, 0.29) is 5.91 Å². The van der Waals surface area contributed by atoms with Gasteiger partial charge in [-0.3, -0.25) is 4.79 Å². The molecule has 1 aromatic rings. The molecular weight excluding hydrogens is 285 g/mol. The van der Waals surface area contributed by atoms with Gasteiger partial charge in [-0.15, -0.1) is 11.8 Å². The van der Waals surface area contributed by atoms with E-state index >= 15 is 0 Å². The molecular formula is C8H6INOS. The molecule has 0 radical (unpaired) electrons. The van der Waals surface area contributed by atoms with Crippen LogP contribution in [0.15, 0.2) is 23.1 Å². The van der Waals surface area contributed by atoms with E-state index in [1.807, 2.05) is 12.1 Å². The van der Waals surface area contributed by atoms with Crippen LogP contribution in [0.3, 0.4) is 0 Å². The number of hydrogen-bond donors (Lipinski definition) is 1. The molecule has 0 fully saturated rings. The zero-order valence-electron chi connectivity index (χ0n) is 6.13. The first-order valence-corrected chi connectivity index (χ1v) is 5.54. The topological polar surface area (TPSA) is 29.1 Å². The van der Waals surface area contributed by atoms with Crippen LogP contribution in [0.1, 0.15) is 0 Å². The Hall–Kier alpha value is -0.230. The highest BCUT2D eigenvalue weighted by molar-refractivity contribution is 14.1. The Morgan fingerprint density at radius 1 is 1.50 bits per heavy atom. The molecule has 12 heavy (non-hydrogen) atoms. The summed E-state index contributed by atoms with van der Waals surface area (Å²) in [6.07, 6.45) is 0. The second-order valence-electron chi connectivity index (χ2n) is 2.48. The number of halogens is 1. The molecule has 0 unspecified atom stereocenters. The molecule has 1 N–H and O–H groups in total. The number of benzene rings is 1. The Labute approximate surface area is 88.3 Å². The van der Waals surface area contributed by atoms with Crippen molar-refractivity contribution >= 4 is 45.9 Å². The average Bonchev–Trinajstić information content (AvgIpc) is 2.05. The first kappa shape index (κ1) is 8.37. The zero-order chi connectivity index (χ0) is 8.55. The monoisotopic (exact) mass is 291 g/mol. The fourth-order valence-corrected chi connectivity index (χ4v) is 2.59. The Morgan fingerprint density at radius 3 is 3.17 bits per heavy atom. The summed E-state index contributed by atoms with van der Waals surface area (Å²) < 4.78 is 1.20. The molecule has 2 nitrogen and oxygen atoms in total. The van der Waals surface area contributed by atoms with Gasteiger partial charge >= 0.3 is 0 Å². The number of hydrogen-bond acceptors (Lipinski definition) is 2. The quantitative estimate of drug-likeness (QED) is 0.743. The lowest BCUT2D eigenvalue weighted by molar-refractivity contribution is -0.113. The van der Waals surface area contributed by atoms with E-state index in [1.54, 1.807) is 11.8 Å². The lowest BCUT2D eigenvalue weighted by Gasteiger charge is -2.15. The van der Waals surface area contributed by atoms with Crippen LogP contribution in [-0.4, -0.2) is 11.7 Å². The van der Waals surface area contributed by atoms with E-state index in [2.05, 4.69) is 34.0 Å². The van der Waals surface area contributed by atoms with Gasteiger partial charge in [0.15, 0.2) is 0 Å². The maximum atomic E-state index is 11.0. The van der Waals surface area contributed by atoms with Gasteiger partial charge < -0.3 is 5.32 Å². The number of nitrogens with one attached hydrogen (secondary N) is 1. The number of amides is 1. The van der Waals surface area contributed by atoms with E-state index in [0.717, 1.165) is 5.69 Å². The summed E-state index contributed by atoms with van der Waals surface area (Å²) in [5.41, 5.74) is 0.941. The summed E-state index contributed by atoms with van der Waals surface area (Å²) in [7, 11) is 0. The molecule has 0 atom stereocenters. The number of fused-ring (bicyclic) bond motifs is 1. The third-order valence-corrected chi connectivity index (χ3v) is 3.30. The van der Waals surface area contributed by atoms with Crippen molar-refractivity contribution in [2.75, 3.05) is 11.1 Å².